The van der Waals surface area contributed by atoms with E-state index in [1.807, 2.05) is 78.9 Å². The van der Waals surface area contributed by atoms with Crippen molar-refractivity contribution in [1.82, 2.24) is 9.55 Å². The number of aliphatic hydroxyl groups excluding tert-OH is 1. The number of methoxy groups -OCH3 is 2. The lowest BCUT2D eigenvalue weighted by atomic mass is 9.80. The lowest BCUT2D eigenvalue weighted by Gasteiger charge is -2.37. The quantitative estimate of drug-likeness (QED) is 0.191. The first-order valence-electron chi connectivity index (χ1n) is 15.2. The predicted molar refractivity (Wildman–Crippen MR) is 176 cm³/mol. The fraction of sp³-hybridized carbons (Fsp3) is 0.216. The Balaban J connectivity index is 1.26. The average Bonchev–Trinajstić information content (AvgIpc) is 3.49. The van der Waals surface area contributed by atoms with Crippen molar-refractivity contribution in [1.29, 1.82) is 0 Å². The van der Waals surface area contributed by atoms with Gasteiger partial charge in [0.25, 0.3) is 5.91 Å². The number of aromatic nitrogens is 2. The third-order valence-corrected chi connectivity index (χ3v) is 8.21. The van der Waals surface area contributed by atoms with Gasteiger partial charge < -0.3 is 29.4 Å². The smallest absolute Gasteiger partial charge is 0.351 e. The van der Waals surface area contributed by atoms with Crippen LogP contribution >= 0.6 is 0 Å². The summed E-state index contributed by atoms with van der Waals surface area (Å²) in [6, 6.07) is 35.4. The van der Waals surface area contributed by atoms with Crippen LogP contribution in [0.1, 0.15) is 39.7 Å². The maximum Gasteiger partial charge on any atom is 0.351 e. The van der Waals surface area contributed by atoms with E-state index in [4.69, 9.17) is 18.9 Å². The third-order valence-electron chi connectivity index (χ3n) is 8.21. The van der Waals surface area contributed by atoms with Crippen LogP contribution < -0.4 is 20.5 Å². The molecule has 3 atom stereocenters. The zero-order chi connectivity index (χ0) is 32.8. The summed E-state index contributed by atoms with van der Waals surface area (Å²) in [5.74, 6) is 1.12. The summed E-state index contributed by atoms with van der Waals surface area (Å²) in [6.07, 6.45) is -0.870. The number of carbonyl (C=O) groups excluding carboxylic acids is 1. The van der Waals surface area contributed by atoms with Crippen LogP contribution in [0.25, 0.3) is 0 Å². The van der Waals surface area contributed by atoms with E-state index in [0.29, 0.717) is 17.1 Å². The van der Waals surface area contributed by atoms with Gasteiger partial charge in [0, 0.05) is 18.2 Å². The van der Waals surface area contributed by atoms with Crippen LogP contribution in [0.4, 0.5) is 5.82 Å². The topological polar surface area (TPSA) is 121 Å². The molecular weight excluding hydrogens is 598 g/mol. The van der Waals surface area contributed by atoms with Gasteiger partial charge in [-0.1, -0.05) is 72.8 Å². The molecule has 1 amide bonds. The molecule has 10 nitrogen and oxygen atoms in total. The van der Waals surface area contributed by atoms with E-state index in [1.54, 1.807) is 44.6 Å². The molecule has 2 N–H and O–H groups in total. The lowest BCUT2D eigenvalue weighted by molar-refractivity contribution is -0.0875. The minimum Gasteiger partial charge on any atom is -0.497 e. The number of aliphatic hydroxyl groups is 1. The summed E-state index contributed by atoms with van der Waals surface area (Å²) in [5, 5.41) is 13.7. The zero-order valence-corrected chi connectivity index (χ0v) is 26.0. The summed E-state index contributed by atoms with van der Waals surface area (Å²) >= 11 is 0. The van der Waals surface area contributed by atoms with Gasteiger partial charge in [-0.25, -0.2) is 4.79 Å². The molecule has 1 aromatic heterocycles. The van der Waals surface area contributed by atoms with Gasteiger partial charge in [0.15, 0.2) is 6.23 Å². The van der Waals surface area contributed by atoms with Crippen molar-refractivity contribution < 1.29 is 28.8 Å². The lowest BCUT2D eigenvalue weighted by Crippen LogP contribution is -2.36. The molecule has 5 aromatic rings. The Morgan fingerprint density at radius 3 is 1.96 bits per heavy atom. The maximum absolute atomic E-state index is 13.0. The van der Waals surface area contributed by atoms with Crippen molar-refractivity contribution in [2.75, 3.05) is 26.1 Å². The first-order valence-corrected chi connectivity index (χ1v) is 15.2. The third kappa shape index (κ3) is 6.66. The molecule has 0 spiro atoms. The fourth-order valence-corrected chi connectivity index (χ4v) is 5.83. The van der Waals surface area contributed by atoms with Crippen LogP contribution in [0.5, 0.6) is 11.5 Å². The van der Waals surface area contributed by atoms with E-state index >= 15 is 0 Å². The normalized spacial score (nSPS) is 17.6. The Morgan fingerprint density at radius 1 is 0.851 bits per heavy atom. The van der Waals surface area contributed by atoms with Crippen molar-refractivity contribution >= 4 is 11.7 Å². The Morgan fingerprint density at radius 2 is 1.40 bits per heavy atom. The van der Waals surface area contributed by atoms with E-state index < -0.39 is 29.7 Å². The number of anilines is 1. The molecule has 2 heterocycles. The number of nitrogens with zero attached hydrogens (tertiary/aromatic N) is 2. The molecule has 1 saturated heterocycles. The van der Waals surface area contributed by atoms with E-state index in [1.165, 1.54) is 16.8 Å². The molecule has 0 aliphatic carbocycles. The van der Waals surface area contributed by atoms with Crippen molar-refractivity contribution in [3.8, 4) is 11.5 Å². The number of amides is 1. The van der Waals surface area contributed by atoms with Crippen LogP contribution in [0.2, 0.25) is 0 Å². The van der Waals surface area contributed by atoms with Crippen LogP contribution in [-0.2, 0) is 15.1 Å². The Labute approximate surface area is 272 Å². The average molecular weight is 634 g/mol. The summed E-state index contributed by atoms with van der Waals surface area (Å²) in [7, 11) is 3.24. The largest absolute Gasteiger partial charge is 0.497 e. The Hall–Kier alpha value is -5.29. The SMILES string of the molecule is COc1ccc(C(OC[C@@H]2C[C@H](O)[C@H](n3ccc(NC(=O)c4ccccc4)nc3=O)O2)(c2ccccc2)c2ccc(OC)cc2)cc1. The minimum absolute atomic E-state index is 0.0912. The second kappa shape index (κ2) is 14.0. The molecule has 0 radical (unpaired) electrons. The molecular formula is C37H35N3O7. The Kier molecular flexibility index (Phi) is 9.44. The number of ether oxygens (including phenoxy) is 4. The summed E-state index contributed by atoms with van der Waals surface area (Å²) in [4.78, 5) is 29.6. The van der Waals surface area contributed by atoms with Gasteiger partial charge in [-0.15, -0.1) is 0 Å². The van der Waals surface area contributed by atoms with Gasteiger partial charge in [-0.3, -0.25) is 9.36 Å². The zero-order valence-electron chi connectivity index (χ0n) is 26.0. The molecule has 6 rings (SSSR count). The highest BCUT2D eigenvalue weighted by molar-refractivity contribution is 6.03. The van der Waals surface area contributed by atoms with E-state index in [9.17, 15) is 14.7 Å². The summed E-state index contributed by atoms with van der Waals surface area (Å²) in [6.45, 7) is 0.0912. The number of rotatable bonds is 11. The minimum atomic E-state index is -1.07. The van der Waals surface area contributed by atoms with E-state index in [2.05, 4.69) is 10.3 Å². The van der Waals surface area contributed by atoms with Crippen LogP contribution in [0.3, 0.4) is 0 Å². The molecule has 4 aromatic carbocycles. The molecule has 0 bridgehead atoms. The molecule has 47 heavy (non-hydrogen) atoms. The highest BCUT2D eigenvalue weighted by Gasteiger charge is 2.41. The maximum atomic E-state index is 13.0. The summed E-state index contributed by atoms with van der Waals surface area (Å²) < 4.78 is 25.2. The monoisotopic (exact) mass is 633 g/mol. The van der Waals surface area contributed by atoms with Gasteiger partial charge in [0.05, 0.1) is 26.9 Å². The molecule has 0 saturated carbocycles. The highest BCUT2D eigenvalue weighted by Crippen LogP contribution is 2.42. The number of hydrogen-bond acceptors (Lipinski definition) is 8. The molecule has 10 heteroatoms. The second-order valence-corrected chi connectivity index (χ2v) is 11.1. The summed E-state index contributed by atoms with van der Waals surface area (Å²) in [5.41, 5.74) is 1.31. The molecule has 1 fully saturated rings. The van der Waals surface area contributed by atoms with Crippen molar-refractivity contribution in [3.05, 3.63) is 154 Å². The molecule has 0 unspecified atom stereocenters. The van der Waals surface area contributed by atoms with Gasteiger partial charge in [-0.2, -0.15) is 4.98 Å². The van der Waals surface area contributed by atoms with Crippen LogP contribution in [0.15, 0.2) is 126 Å². The molecule has 240 valence electrons. The second-order valence-electron chi connectivity index (χ2n) is 11.1. The first kappa shape index (κ1) is 31.7. The standard InChI is InChI=1S/C37H35N3O7/c1-44-29-17-13-27(14-18-29)37(26-11-7-4-8-12-26,28-15-19-30(45-2)20-16-28)46-24-31-23-32(41)35(47-31)40-22-21-33(39-36(40)43)38-34(42)25-9-5-3-6-10-25/h3-22,31-32,35,41H,23-24H2,1-2H3,(H,38,39,42,43)/t31-,32-,35+/m0/s1. The number of benzene rings is 4. The van der Waals surface area contributed by atoms with Crippen molar-refractivity contribution in [3.63, 3.8) is 0 Å². The molecule has 1 aliphatic heterocycles. The highest BCUT2D eigenvalue weighted by atomic mass is 16.6. The van der Waals surface area contributed by atoms with E-state index in [0.717, 1.165) is 16.7 Å². The van der Waals surface area contributed by atoms with Gasteiger partial charge in [0.1, 0.15) is 29.0 Å². The fourth-order valence-electron chi connectivity index (χ4n) is 5.83. The van der Waals surface area contributed by atoms with E-state index in [-0.39, 0.29) is 24.8 Å². The first-order chi connectivity index (χ1) is 22.9. The van der Waals surface area contributed by atoms with Crippen molar-refractivity contribution in [2.24, 2.45) is 0 Å². The van der Waals surface area contributed by atoms with Gasteiger partial charge in [0.2, 0.25) is 0 Å². The number of carbonyl (C=O) groups is 1. The molecule has 1 aliphatic rings. The van der Waals surface area contributed by atoms with Crippen molar-refractivity contribution in [2.45, 2.75) is 30.5 Å². The van der Waals surface area contributed by atoms with Crippen LogP contribution in [0, 0.1) is 0 Å². The number of hydrogen-bond donors (Lipinski definition) is 2. The van der Waals surface area contributed by atoms with Crippen LogP contribution in [-0.4, -0.2) is 53.6 Å². The van der Waals surface area contributed by atoms with Gasteiger partial charge >= 0.3 is 5.69 Å². The predicted octanol–water partition coefficient (Wildman–Crippen LogP) is 5.17. The Bertz CT molecular complexity index is 1800. The van der Waals surface area contributed by atoms with Gasteiger partial charge in [-0.05, 0) is 59.2 Å². The number of nitrogens with one attached hydrogen (secondary N) is 1.